The largest absolute Gasteiger partial charge is 0.355 e. The lowest BCUT2D eigenvalue weighted by molar-refractivity contribution is -0.125. The fraction of sp³-hybridized carbons (Fsp3) is 0.368. The van der Waals surface area contributed by atoms with E-state index in [-0.39, 0.29) is 11.8 Å². The van der Waals surface area contributed by atoms with E-state index in [9.17, 15) is 4.79 Å². The van der Waals surface area contributed by atoms with E-state index >= 15 is 0 Å². The van der Waals surface area contributed by atoms with Crippen molar-refractivity contribution in [3.63, 3.8) is 0 Å². The van der Waals surface area contributed by atoms with Crippen LogP contribution >= 0.6 is 0 Å². The summed E-state index contributed by atoms with van der Waals surface area (Å²) in [5.41, 5.74) is 1.76. The van der Waals surface area contributed by atoms with Gasteiger partial charge < -0.3 is 10.2 Å². The molecule has 128 valence electrons. The smallest absolute Gasteiger partial charge is 0.225 e. The third kappa shape index (κ3) is 4.54. The number of carbonyl (C=O) groups is 1. The van der Waals surface area contributed by atoms with Gasteiger partial charge in [0, 0.05) is 32.0 Å². The van der Waals surface area contributed by atoms with E-state index in [1.54, 1.807) is 30.6 Å². The van der Waals surface area contributed by atoms with Gasteiger partial charge in [-0.15, -0.1) is 0 Å². The minimum atomic E-state index is -0.0291. The number of aromatic nitrogens is 2. The van der Waals surface area contributed by atoms with Crippen molar-refractivity contribution in [1.82, 2.24) is 15.3 Å². The molecule has 0 radical (unpaired) electrons. The molecule has 0 spiro atoms. The number of benzene rings is 1. The summed E-state index contributed by atoms with van der Waals surface area (Å²) in [5, 5.41) is 11.8. The van der Waals surface area contributed by atoms with E-state index in [1.807, 2.05) is 12.1 Å². The van der Waals surface area contributed by atoms with Crippen LogP contribution in [0.3, 0.4) is 0 Å². The summed E-state index contributed by atoms with van der Waals surface area (Å²) in [7, 11) is 0. The molecular weight excluding hydrogens is 314 g/mol. The molecule has 1 aromatic carbocycles. The van der Waals surface area contributed by atoms with Gasteiger partial charge in [0.15, 0.2) is 0 Å². The number of hydrogen-bond acceptors (Lipinski definition) is 5. The third-order valence-electron chi connectivity index (χ3n) is 4.42. The van der Waals surface area contributed by atoms with Crippen LogP contribution in [0.1, 0.15) is 24.0 Å². The predicted octanol–water partition coefficient (Wildman–Crippen LogP) is 1.92. The molecule has 6 heteroatoms. The number of nitriles is 1. The summed E-state index contributed by atoms with van der Waals surface area (Å²) < 4.78 is 0. The summed E-state index contributed by atoms with van der Waals surface area (Å²) in [5.74, 6) is 0.755. The Morgan fingerprint density at radius 2 is 2.04 bits per heavy atom. The fourth-order valence-electron chi connectivity index (χ4n) is 3.05. The standard InChI is InChI=1S/C19H21N5O/c20-13-16-6-4-15(5-7-16)8-11-21-18(25)17-3-1-12-24(14-17)19-22-9-2-10-23-19/h2,4-7,9-10,17H,1,3,8,11-12,14H2,(H,21,25). The molecule has 1 aliphatic heterocycles. The lowest BCUT2D eigenvalue weighted by atomic mass is 9.97. The van der Waals surface area contributed by atoms with Crippen LogP contribution in [0.2, 0.25) is 0 Å². The molecule has 1 fully saturated rings. The van der Waals surface area contributed by atoms with Gasteiger partial charge in [0.1, 0.15) is 0 Å². The van der Waals surface area contributed by atoms with Gasteiger partial charge in [-0.05, 0) is 43.0 Å². The van der Waals surface area contributed by atoms with Gasteiger partial charge in [-0.3, -0.25) is 4.79 Å². The fourth-order valence-corrected chi connectivity index (χ4v) is 3.05. The summed E-state index contributed by atoms with van der Waals surface area (Å²) in [4.78, 5) is 23.1. The number of anilines is 1. The quantitative estimate of drug-likeness (QED) is 0.903. The first-order valence-electron chi connectivity index (χ1n) is 8.55. The molecular formula is C19H21N5O. The van der Waals surface area contributed by atoms with Crippen molar-refractivity contribution < 1.29 is 4.79 Å². The van der Waals surface area contributed by atoms with Gasteiger partial charge in [0.05, 0.1) is 17.6 Å². The maximum absolute atomic E-state index is 12.4. The number of hydrogen-bond donors (Lipinski definition) is 1. The maximum atomic E-state index is 12.4. The third-order valence-corrected chi connectivity index (χ3v) is 4.42. The van der Waals surface area contributed by atoms with Crippen LogP contribution in [-0.4, -0.2) is 35.5 Å². The summed E-state index contributed by atoms with van der Waals surface area (Å²) >= 11 is 0. The van der Waals surface area contributed by atoms with E-state index in [2.05, 4.69) is 26.3 Å². The number of carbonyl (C=O) groups excluding carboxylic acids is 1. The van der Waals surface area contributed by atoms with Gasteiger partial charge in [0.2, 0.25) is 11.9 Å². The van der Waals surface area contributed by atoms with Crippen molar-refractivity contribution in [2.45, 2.75) is 19.3 Å². The Balaban J connectivity index is 1.48. The van der Waals surface area contributed by atoms with Gasteiger partial charge in [-0.2, -0.15) is 5.26 Å². The number of amides is 1. The van der Waals surface area contributed by atoms with Crippen molar-refractivity contribution in [1.29, 1.82) is 5.26 Å². The van der Waals surface area contributed by atoms with Crippen LogP contribution in [0.25, 0.3) is 0 Å². The first-order chi connectivity index (χ1) is 12.3. The highest BCUT2D eigenvalue weighted by molar-refractivity contribution is 5.79. The van der Waals surface area contributed by atoms with E-state index in [0.29, 0.717) is 24.6 Å². The van der Waals surface area contributed by atoms with Crippen molar-refractivity contribution in [2.75, 3.05) is 24.5 Å². The molecule has 1 saturated heterocycles. The zero-order valence-electron chi connectivity index (χ0n) is 14.1. The monoisotopic (exact) mass is 335 g/mol. The Hall–Kier alpha value is -2.94. The zero-order chi connectivity index (χ0) is 17.5. The average molecular weight is 335 g/mol. The van der Waals surface area contributed by atoms with Gasteiger partial charge in [0.25, 0.3) is 0 Å². The minimum absolute atomic E-state index is 0.0291. The molecule has 2 heterocycles. The van der Waals surface area contributed by atoms with Crippen LogP contribution in [-0.2, 0) is 11.2 Å². The predicted molar refractivity (Wildman–Crippen MR) is 94.8 cm³/mol. The highest BCUT2D eigenvalue weighted by Gasteiger charge is 2.26. The van der Waals surface area contributed by atoms with Crippen molar-refractivity contribution in [3.8, 4) is 6.07 Å². The Morgan fingerprint density at radius 3 is 2.76 bits per heavy atom. The Kier molecular flexibility index (Phi) is 5.57. The molecule has 1 N–H and O–H groups in total. The van der Waals surface area contributed by atoms with E-state index in [4.69, 9.17) is 5.26 Å². The van der Waals surface area contributed by atoms with Crippen LogP contribution in [0.5, 0.6) is 0 Å². The molecule has 6 nitrogen and oxygen atoms in total. The highest BCUT2D eigenvalue weighted by Crippen LogP contribution is 2.20. The van der Waals surface area contributed by atoms with Crippen LogP contribution in [0, 0.1) is 17.2 Å². The first kappa shape index (κ1) is 16.9. The second-order valence-corrected chi connectivity index (χ2v) is 6.18. The van der Waals surface area contributed by atoms with Gasteiger partial charge >= 0.3 is 0 Å². The first-order valence-corrected chi connectivity index (χ1v) is 8.55. The van der Waals surface area contributed by atoms with Gasteiger partial charge in [-0.1, -0.05) is 12.1 Å². The van der Waals surface area contributed by atoms with E-state index in [0.717, 1.165) is 31.4 Å². The molecule has 25 heavy (non-hydrogen) atoms. The summed E-state index contributed by atoms with van der Waals surface area (Å²) in [6.45, 7) is 2.15. The molecule has 1 aliphatic rings. The summed E-state index contributed by atoms with van der Waals surface area (Å²) in [6.07, 6.45) is 6.07. The molecule has 1 amide bonds. The van der Waals surface area contributed by atoms with Gasteiger partial charge in [-0.25, -0.2) is 9.97 Å². The number of rotatable bonds is 5. The maximum Gasteiger partial charge on any atom is 0.225 e. The number of piperidine rings is 1. The molecule has 1 aromatic heterocycles. The SMILES string of the molecule is N#Cc1ccc(CCNC(=O)C2CCCN(c3ncccn3)C2)cc1. The van der Waals surface area contributed by atoms with E-state index in [1.165, 1.54) is 0 Å². The van der Waals surface area contributed by atoms with Crippen LogP contribution in [0.15, 0.2) is 42.7 Å². The normalized spacial score (nSPS) is 16.9. The average Bonchev–Trinajstić information content (AvgIpc) is 2.69. The lowest BCUT2D eigenvalue weighted by Crippen LogP contribution is -2.44. The second kappa shape index (κ2) is 8.25. The molecule has 3 rings (SSSR count). The van der Waals surface area contributed by atoms with Crippen molar-refractivity contribution in [2.24, 2.45) is 5.92 Å². The minimum Gasteiger partial charge on any atom is -0.355 e. The number of nitrogens with one attached hydrogen (secondary N) is 1. The topological polar surface area (TPSA) is 81.9 Å². The Bertz CT molecular complexity index is 739. The Morgan fingerprint density at radius 1 is 1.28 bits per heavy atom. The lowest BCUT2D eigenvalue weighted by Gasteiger charge is -2.31. The molecule has 2 aromatic rings. The summed E-state index contributed by atoms with van der Waals surface area (Å²) in [6, 6.07) is 11.4. The number of nitrogens with zero attached hydrogens (tertiary/aromatic N) is 4. The molecule has 0 saturated carbocycles. The van der Waals surface area contributed by atoms with Crippen molar-refractivity contribution in [3.05, 3.63) is 53.9 Å². The molecule has 0 aliphatic carbocycles. The van der Waals surface area contributed by atoms with Crippen molar-refractivity contribution >= 4 is 11.9 Å². The van der Waals surface area contributed by atoms with Crippen LogP contribution < -0.4 is 10.2 Å². The molecule has 1 atom stereocenters. The zero-order valence-corrected chi connectivity index (χ0v) is 14.1. The Labute approximate surface area is 147 Å². The molecule has 1 unspecified atom stereocenters. The molecule has 0 bridgehead atoms. The van der Waals surface area contributed by atoms with E-state index < -0.39 is 0 Å². The van der Waals surface area contributed by atoms with Crippen LogP contribution in [0.4, 0.5) is 5.95 Å². The highest BCUT2D eigenvalue weighted by atomic mass is 16.1. The second-order valence-electron chi connectivity index (χ2n) is 6.18.